The Morgan fingerprint density at radius 3 is 2.39 bits per heavy atom. The zero-order chi connectivity index (χ0) is 13.3. The van der Waals surface area contributed by atoms with E-state index in [1.165, 1.54) is 12.1 Å². The summed E-state index contributed by atoms with van der Waals surface area (Å²) in [5.74, 6) is 0. The smallest absolute Gasteiger partial charge is 0.207 e. The molecule has 0 fully saturated rings. The van der Waals surface area contributed by atoms with E-state index in [0.717, 1.165) is 0 Å². The molecule has 4 nitrogen and oxygen atoms in total. The molecule has 0 spiro atoms. The minimum atomic E-state index is -3.61. The molecule has 18 heavy (non-hydrogen) atoms. The van der Waals surface area contributed by atoms with Gasteiger partial charge < -0.3 is 0 Å². The molecule has 1 aromatic carbocycles. The van der Waals surface area contributed by atoms with Gasteiger partial charge in [-0.2, -0.15) is 10.5 Å². The van der Waals surface area contributed by atoms with Gasteiger partial charge in [0.05, 0.1) is 9.80 Å². The number of fused-ring (bicyclic) bond motifs is 1. The molecule has 0 saturated carbocycles. The first-order valence-electron chi connectivity index (χ1n) is 5.13. The molecule has 0 radical (unpaired) electrons. The number of nitrogens with zero attached hydrogens (tertiary/aromatic N) is 2. The van der Waals surface area contributed by atoms with Crippen LogP contribution in [-0.2, 0) is 9.84 Å². The lowest BCUT2D eigenvalue weighted by molar-refractivity contribution is 0.604. The number of sulfone groups is 1. The molecular formula is C13H8N2O2S. The standard InChI is InChI=1S/C13H8N2O2S/c1-2-11-13(9(7-14)8-15)10-5-3-4-6-12(10)18(11,16)17/h2-6H,1H3/b11-2+. The highest BCUT2D eigenvalue weighted by molar-refractivity contribution is 7.96. The van der Waals surface area contributed by atoms with E-state index in [1.54, 1.807) is 37.3 Å². The Kier molecular flexibility index (Phi) is 2.78. The molecule has 0 saturated heterocycles. The summed E-state index contributed by atoms with van der Waals surface area (Å²) in [6.45, 7) is 1.57. The van der Waals surface area contributed by atoms with E-state index in [9.17, 15) is 8.42 Å². The fraction of sp³-hybridized carbons (Fsp3) is 0.0769. The highest BCUT2D eigenvalue weighted by atomic mass is 32.2. The number of benzene rings is 1. The summed E-state index contributed by atoms with van der Waals surface area (Å²) in [7, 11) is -3.61. The molecule has 1 heterocycles. The van der Waals surface area contributed by atoms with Crippen LogP contribution in [0.1, 0.15) is 12.5 Å². The van der Waals surface area contributed by atoms with Crippen molar-refractivity contribution in [2.45, 2.75) is 11.8 Å². The lowest BCUT2D eigenvalue weighted by atomic mass is 10.0. The Bertz CT molecular complexity index is 756. The molecule has 5 heteroatoms. The number of allylic oxidation sites excluding steroid dienone is 3. The molecule has 2 rings (SSSR count). The first-order valence-corrected chi connectivity index (χ1v) is 6.62. The lowest BCUT2D eigenvalue weighted by Crippen LogP contribution is -1.97. The fourth-order valence-corrected chi connectivity index (χ4v) is 3.73. The van der Waals surface area contributed by atoms with Gasteiger partial charge in [0.15, 0.2) is 0 Å². The van der Waals surface area contributed by atoms with Crippen molar-refractivity contribution in [3.05, 3.63) is 46.4 Å². The number of nitriles is 2. The van der Waals surface area contributed by atoms with Gasteiger partial charge in [-0.25, -0.2) is 8.42 Å². The Labute approximate surface area is 105 Å². The summed E-state index contributed by atoms with van der Waals surface area (Å²) in [5.41, 5.74) is 0.443. The van der Waals surface area contributed by atoms with Gasteiger partial charge in [-0.05, 0) is 13.0 Å². The van der Waals surface area contributed by atoms with E-state index in [2.05, 4.69) is 0 Å². The minimum absolute atomic E-state index is 0.0294. The van der Waals surface area contributed by atoms with Crippen molar-refractivity contribution < 1.29 is 8.42 Å². The van der Waals surface area contributed by atoms with Crippen LogP contribution in [0.3, 0.4) is 0 Å². The molecule has 0 aromatic heterocycles. The van der Waals surface area contributed by atoms with Gasteiger partial charge in [-0.1, -0.05) is 24.3 Å². The quantitative estimate of drug-likeness (QED) is 0.666. The van der Waals surface area contributed by atoms with Gasteiger partial charge in [0.2, 0.25) is 9.84 Å². The van der Waals surface area contributed by atoms with Crippen LogP contribution in [0.15, 0.2) is 45.7 Å². The van der Waals surface area contributed by atoms with Crippen molar-refractivity contribution in [3.8, 4) is 12.1 Å². The van der Waals surface area contributed by atoms with E-state index >= 15 is 0 Å². The monoisotopic (exact) mass is 256 g/mol. The first-order chi connectivity index (χ1) is 8.57. The molecule has 1 aliphatic rings. The average molecular weight is 256 g/mol. The summed E-state index contributed by atoms with van der Waals surface area (Å²) >= 11 is 0. The van der Waals surface area contributed by atoms with Crippen molar-refractivity contribution in [3.63, 3.8) is 0 Å². The number of hydrogen-bond donors (Lipinski definition) is 0. The topological polar surface area (TPSA) is 81.7 Å². The molecule has 0 unspecified atom stereocenters. The second-order valence-corrected chi connectivity index (χ2v) is 5.51. The fourth-order valence-electron chi connectivity index (χ4n) is 1.99. The van der Waals surface area contributed by atoms with Crippen LogP contribution >= 0.6 is 0 Å². The first kappa shape index (κ1) is 12.1. The Morgan fingerprint density at radius 1 is 1.22 bits per heavy atom. The van der Waals surface area contributed by atoms with Crippen LogP contribution in [0.2, 0.25) is 0 Å². The zero-order valence-electron chi connectivity index (χ0n) is 9.51. The summed E-state index contributed by atoms with van der Waals surface area (Å²) in [5, 5.41) is 17.9. The van der Waals surface area contributed by atoms with Gasteiger partial charge in [0.1, 0.15) is 17.7 Å². The van der Waals surface area contributed by atoms with Crippen LogP contribution in [0.25, 0.3) is 5.57 Å². The second-order valence-electron chi connectivity index (χ2n) is 3.63. The largest absolute Gasteiger partial charge is 0.218 e. The van der Waals surface area contributed by atoms with Crippen molar-refractivity contribution in [2.75, 3.05) is 0 Å². The van der Waals surface area contributed by atoms with Crippen LogP contribution in [0.5, 0.6) is 0 Å². The van der Waals surface area contributed by atoms with Crippen molar-refractivity contribution in [1.29, 1.82) is 10.5 Å². The molecule has 0 aliphatic carbocycles. The lowest BCUT2D eigenvalue weighted by Gasteiger charge is -1.99. The minimum Gasteiger partial charge on any atom is -0.218 e. The molecule has 1 aromatic rings. The zero-order valence-corrected chi connectivity index (χ0v) is 10.3. The third kappa shape index (κ3) is 1.46. The SMILES string of the molecule is C/C=C1\C(=C(C#N)C#N)c2ccccc2S1(=O)=O. The maximum Gasteiger partial charge on any atom is 0.207 e. The predicted molar refractivity (Wildman–Crippen MR) is 65.5 cm³/mol. The summed E-state index contributed by atoms with van der Waals surface area (Å²) in [6.07, 6.45) is 1.42. The van der Waals surface area contributed by atoms with Gasteiger partial charge in [0, 0.05) is 11.1 Å². The third-order valence-electron chi connectivity index (χ3n) is 2.72. The Hall–Kier alpha value is -2.37. The number of hydrogen-bond acceptors (Lipinski definition) is 4. The van der Waals surface area contributed by atoms with Gasteiger partial charge in [0.25, 0.3) is 0 Å². The molecular weight excluding hydrogens is 248 g/mol. The van der Waals surface area contributed by atoms with Crippen molar-refractivity contribution in [2.24, 2.45) is 0 Å². The van der Waals surface area contributed by atoms with E-state index in [0.29, 0.717) is 5.56 Å². The van der Waals surface area contributed by atoms with Gasteiger partial charge in [-0.15, -0.1) is 0 Å². The average Bonchev–Trinajstić information content (AvgIpc) is 2.60. The Balaban J connectivity index is 3.00. The summed E-state index contributed by atoms with van der Waals surface area (Å²) in [6, 6.07) is 9.88. The molecule has 1 aliphatic heterocycles. The van der Waals surface area contributed by atoms with Crippen molar-refractivity contribution >= 4 is 15.4 Å². The van der Waals surface area contributed by atoms with E-state index in [4.69, 9.17) is 10.5 Å². The molecule has 0 bridgehead atoms. The van der Waals surface area contributed by atoms with E-state index in [-0.39, 0.29) is 20.9 Å². The van der Waals surface area contributed by atoms with Crippen LogP contribution in [-0.4, -0.2) is 8.42 Å². The summed E-state index contributed by atoms with van der Waals surface area (Å²) < 4.78 is 24.5. The van der Waals surface area contributed by atoms with E-state index < -0.39 is 9.84 Å². The maximum absolute atomic E-state index is 12.2. The molecule has 0 atom stereocenters. The Morgan fingerprint density at radius 2 is 1.83 bits per heavy atom. The van der Waals surface area contributed by atoms with Gasteiger partial charge >= 0.3 is 0 Å². The number of rotatable bonds is 0. The predicted octanol–water partition coefficient (Wildman–Crippen LogP) is 2.18. The van der Waals surface area contributed by atoms with E-state index in [1.807, 2.05) is 0 Å². The van der Waals surface area contributed by atoms with Crippen LogP contribution in [0.4, 0.5) is 0 Å². The second kappa shape index (κ2) is 4.14. The highest BCUT2D eigenvalue weighted by Crippen LogP contribution is 2.44. The molecule has 0 N–H and O–H groups in total. The normalized spacial score (nSPS) is 17.9. The highest BCUT2D eigenvalue weighted by Gasteiger charge is 2.37. The third-order valence-corrected chi connectivity index (χ3v) is 4.67. The summed E-state index contributed by atoms with van der Waals surface area (Å²) in [4.78, 5) is 0.179. The van der Waals surface area contributed by atoms with Crippen LogP contribution in [0, 0.1) is 22.7 Å². The molecule has 88 valence electrons. The maximum atomic E-state index is 12.2. The van der Waals surface area contributed by atoms with Crippen molar-refractivity contribution in [1.82, 2.24) is 0 Å². The van der Waals surface area contributed by atoms with Gasteiger partial charge in [-0.3, -0.25) is 0 Å². The van der Waals surface area contributed by atoms with Crippen LogP contribution < -0.4 is 0 Å². The molecule has 0 amide bonds.